The molecule has 2 aromatic heterocycles. The van der Waals surface area contributed by atoms with Crippen molar-refractivity contribution in [2.75, 3.05) is 0 Å². The maximum Gasteiger partial charge on any atom is 0.156 e. The van der Waals surface area contributed by atoms with Gasteiger partial charge in [0, 0.05) is 16.8 Å². The van der Waals surface area contributed by atoms with Gasteiger partial charge in [-0.3, -0.25) is 0 Å². The van der Waals surface area contributed by atoms with Crippen LogP contribution in [-0.2, 0) is 12.8 Å². The second kappa shape index (κ2) is 4.40. The number of hydrogen-bond acceptors (Lipinski definition) is 2. The molecular weight excluding hydrogens is 253 g/mol. The van der Waals surface area contributed by atoms with Crippen LogP contribution in [0.2, 0.25) is 0 Å². The van der Waals surface area contributed by atoms with Crippen LogP contribution in [0.5, 0.6) is 0 Å². The minimum atomic E-state index is -0.259. The predicted molar refractivity (Wildman–Crippen MR) is 75.9 cm³/mol. The van der Waals surface area contributed by atoms with E-state index in [2.05, 4.69) is 15.0 Å². The summed E-state index contributed by atoms with van der Waals surface area (Å²) in [7, 11) is 0. The van der Waals surface area contributed by atoms with E-state index in [0.29, 0.717) is 11.3 Å². The van der Waals surface area contributed by atoms with E-state index in [1.165, 1.54) is 30.2 Å². The fourth-order valence-corrected chi connectivity index (χ4v) is 2.94. The van der Waals surface area contributed by atoms with E-state index >= 15 is 0 Å². The van der Waals surface area contributed by atoms with Crippen LogP contribution in [-0.4, -0.2) is 15.0 Å². The SMILES string of the molecule is Fc1ccccc1-c1cnc2[nH]c3c(c2n1)CCCC3. The Balaban J connectivity index is 1.92. The molecule has 0 fully saturated rings. The molecule has 2 heterocycles. The van der Waals surface area contributed by atoms with Gasteiger partial charge in [0.2, 0.25) is 0 Å². The number of benzene rings is 1. The van der Waals surface area contributed by atoms with E-state index in [9.17, 15) is 4.39 Å². The molecule has 0 amide bonds. The fourth-order valence-electron chi connectivity index (χ4n) is 2.94. The summed E-state index contributed by atoms with van der Waals surface area (Å²) >= 11 is 0. The van der Waals surface area contributed by atoms with E-state index in [1.54, 1.807) is 18.3 Å². The van der Waals surface area contributed by atoms with E-state index in [0.717, 1.165) is 24.0 Å². The van der Waals surface area contributed by atoms with Crippen molar-refractivity contribution in [1.29, 1.82) is 0 Å². The van der Waals surface area contributed by atoms with Crippen LogP contribution in [0.15, 0.2) is 30.5 Å². The second-order valence-corrected chi connectivity index (χ2v) is 5.22. The van der Waals surface area contributed by atoms with Crippen molar-refractivity contribution >= 4 is 11.2 Å². The Morgan fingerprint density at radius 1 is 1.10 bits per heavy atom. The van der Waals surface area contributed by atoms with Crippen molar-refractivity contribution in [3.8, 4) is 11.3 Å². The van der Waals surface area contributed by atoms with Crippen LogP contribution in [0.25, 0.3) is 22.4 Å². The number of nitrogens with zero attached hydrogens (tertiary/aromatic N) is 2. The molecule has 0 atom stereocenters. The van der Waals surface area contributed by atoms with Gasteiger partial charge in [0.05, 0.1) is 11.9 Å². The van der Waals surface area contributed by atoms with Crippen molar-refractivity contribution in [2.45, 2.75) is 25.7 Å². The summed E-state index contributed by atoms with van der Waals surface area (Å²) in [5.74, 6) is -0.259. The standard InChI is InChI=1S/C16H14FN3/c17-12-7-3-1-5-10(12)14-9-18-16-15(19-14)11-6-2-4-8-13(11)20-16/h1,3,5,7,9H,2,4,6,8H2,(H,18,20). The van der Waals surface area contributed by atoms with Crippen LogP contribution in [0, 0.1) is 5.82 Å². The molecule has 100 valence electrons. The molecule has 3 nitrogen and oxygen atoms in total. The van der Waals surface area contributed by atoms with Crippen molar-refractivity contribution < 1.29 is 4.39 Å². The van der Waals surface area contributed by atoms with E-state index in [-0.39, 0.29) is 5.82 Å². The lowest BCUT2D eigenvalue weighted by atomic mass is 9.97. The van der Waals surface area contributed by atoms with Gasteiger partial charge in [-0.2, -0.15) is 0 Å². The van der Waals surface area contributed by atoms with Gasteiger partial charge in [-0.05, 0) is 37.8 Å². The first-order valence-electron chi connectivity index (χ1n) is 6.94. The van der Waals surface area contributed by atoms with Crippen LogP contribution in [0.1, 0.15) is 24.1 Å². The summed E-state index contributed by atoms with van der Waals surface area (Å²) in [5.41, 5.74) is 5.34. The molecule has 0 bridgehead atoms. The normalized spacial score (nSPS) is 14.4. The molecule has 3 aromatic rings. The van der Waals surface area contributed by atoms with Crippen molar-refractivity contribution in [2.24, 2.45) is 0 Å². The molecule has 1 N–H and O–H groups in total. The Kier molecular flexibility index (Phi) is 2.55. The van der Waals surface area contributed by atoms with E-state index in [1.807, 2.05) is 6.07 Å². The average Bonchev–Trinajstić information content (AvgIpc) is 2.85. The Labute approximate surface area is 115 Å². The molecule has 1 aliphatic rings. The summed E-state index contributed by atoms with van der Waals surface area (Å²) in [5, 5.41) is 0. The third-order valence-electron chi connectivity index (χ3n) is 3.95. The number of rotatable bonds is 1. The Morgan fingerprint density at radius 2 is 1.95 bits per heavy atom. The zero-order valence-electron chi connectivity index (χ0n) is 11.0. The Bertz CT molecular complexity index is 792. The quantitative estimate of drug-likeness (QED) is 0.731. The maximum absolute atomic E-state index is 13.9. The minimum Gasteiger partial charge on any atom is -0.342 e. The number of nitrogens with one attached hydrogen (secondary N) is 1. The molecule has 1 aliphatic carbocycles. The lowest BCUT2D eigenvalue weighted by molar-refractivity contribution is 0.630. The largest absolute Gasteiger partial charge is 0.342 e. The number of aromatic amines is 1. The van der Waals surface area contributed by atoms with E-state index < -0.39 is 0 Å². The van der Waals surface area contributed by atoms with E-state index in [4.69, 9.17) is 0 Å². The highest BCUT2D eigenvalue weighted by molar-refractivity contribution is 5.79. The minimum absolute atomic E-state index is 0.259. The monoisotopic (exact) mass is 267 g/mol. The first kappa shape index (κ1) is 11.6. The zero-order valence-corrected chi connectivity index (χ0v) is 11.0. The first-order chi connectivity index (χ1) is 9.83. The molecule has 0 aliphatic heterocycles. The fraction of sp³-hybridized carbons (Fsp3) is 0.250. The summed E-state index contributed by atoms with van der Waals surface area (Å²) in [6.45, 7) is 0. The highest BCUT2D eigenvalue weighted by Gasteiger charge is 2.18. The van der Waals surface area contributed by atoms with Gasteiger partial charge in [0.1, 0.15) is 11.3 Å². The molecule has 0 saturated heterocycles. The molecule has 0 unspecified atom stereocenters. The molecule has 20 heavy (non-hydrogen) atoms. The number of halogens is 1. The van der Waals surface area contributed by atoms with Crippen molar-refractivity contribution in [1.82, 2.24) is 15.0 Å². The lowest BCUT2D eigenvalue weighted by Crippen LogP contribution is -2.00. The average molecular weight is 267 g/mol. The predicted octanol–water partition coefficient (Wildman–Crippen LogP) is 3.64. The summed E-state index contributed by atoms with van der Waals surface area (Å²) in [6, 6.07) is 6.69. The van der Waals surface area contributed by atoms with Crippen molar-refractivity contribution in [3.05, 3.63) is 47.5 Å². The number of H-pyrrole nitrogens is 1. The molecule has 4 rings (SSSR count). The number of aryl methyl sites for hydroxylation is 2. The maximum atomic E-state index is 13.9. The zero-order chi connectivity index (χ0) is 13.5. The van der Waals surface area contributed by atoms with Gasteiger partial charge in [-0.1, -0.05) is 12.1 Å². The lowest BCUT2D eigenvalue weighted by Gasteiger charge is -2.09. The van der Waals surface area contributed by atoms with Gasteiger partial charge in [0.15, 0.2) is 5.65 Å². The molecule has 0 spiro atoms. The third kappa shape index (κ3) is 1.72. The molecule has 0 saturated carbocycles. The third-order valence-corrected chi connectivity index (χ3v) is 3.95. The molecule has 4 heteroatoms. The molecular formula is C16H14FN3. The summed E-state index contributed by atoms with van der Waals surface area (Å²) in [6.07, 6.45) is 6.13. The second-order valence-electron chi connectivity index (χ2n) is 5.22. The molecule has 0 radical (unpaired) electrons. The first-order valence-corrected chi connectivity index (χ1v) is 6.94. The summed E-state index contributed by atoms with van der Waals surface area (Å²) < 4.78 is 13.9. The van der Waals surface area contributed by atoms with Gasteiger partial charge in [-0.15, -0.1) is 0 Å². The van der Waals surface area contributed by atoms with Gasteiger partial charge in [0.25, 0.3) is 0 Å². The Hall–Kier alpha value is -2.23. The van der Waals surface area contributed by atoms with Gasteiger partial charge < -0.3 is 4.98 Å². The van der Waals surface area contributed by atoms with Crippen LogP contribution >= 0.6 is 0 Å². The van der Waals surface area contributed by atoms with Crippen LogP contribution < -0.4 is 0 Å². The summed E-state index contributed by atoms with van der Waals surface area (Å²) in [4.78, 5) is 12.4. The number of hydrogen-bond donors (Lipinski definition) is 1. The Morgan fingerprint density at radius 3 is 2.85 bits per heavy atom. The molecule has 1 aromatic carbocycles. The highest BCUT2D eigenvalue weighted by atomic mass is 19.1. The van der Waals surface area contributed by atoms with Crippen LogP contribution in [0.3, 0.4) is 0 Å². The van der Waals surface area contributed by atoms with Gasteiger partial charge >= 0.3 is 0 Å². The van der Waals surface area contributed by atoms with Gasteiger partial charge in [-0.25, -0.2) is 14.4 Å². The number of fused-ring (bicyclic) bond motifs is 3. The highest BCUT2D eigenvalue weighted by Crippen LogP contribution is 2.29. The number of aromatic nitrogens is 3. The smallest absolute Gasteiger partial charge is 0.156 e. The van der Waals surface area contributed by atoms with Crippen LogP contribution in [0.4, 0.5) is 4.39 Å². The van der Waals surface area contributed by atoms with Crippen molar-refractivity contribution in [3.63, 3.8) is 0 Å². The topological polar surface area (TPSA) is 41.6 Å².